The van der Waals surface area contributed by atoms with Crippen molar-refractivity contribution in [1.82, 2.24) is 0 Å². The summed E-state index contributed by atoms with van der Waals surface area (Å²) < 4.78 is 16.7. The summed E-state index contributed by atoms with van der Waals surface area (Å²) in [5, 5.41) is 0. The van der Waals surface area contributed by atoms with Crippen LogP contribution in [0.3, 0.4) is 0 Å². The standard InChI is InChI=1S/C47H84O6/c1-4-7-10-13-16-19-22-24-26-28-31-34-37-40-46(49)52-43-44(42-51-45(48)39-36-33-30-27-21-18-15-12-9-6-3)53-47(50)41-38-35-32-29-25-23-20-17-14-11-8-5-2/h7,10,16,19,24,26,44H,4-6,8-9,11-15,17-18,20-23,25,27-43H2,1-3H3/b10-7-,19-16-,26-24-. The molecule has 6 nitrogen and oxygen atoms in total. The van der Waals surface area contributed by atoms with Crippen molar-refractivity contribution < 1.29 is 28.6 Å². The van der Waals surface area contributed by atoms with Gasteiger partial charge in [0, 0.05) is 19.3 Å². The minimum atomic E-state index is -0.776. The highest BCUT2D eigenvalue weighted by molar-refractivity contribution is 5.71. The van der Waals surface area contributed by atoms with E-state index < -0.39 is 6.10 Å². The molecule has 0 saturated carbocycles. The number of ether oxygens (including phenoxy) is 3. The smallest absolute Gasteiger partial charge is 0.306 e. The molecule has 53 heavy (non-hydrogen) atoms. The third-order valence-corrected chi connectivity index (χ3v) is 9.66. The zero-order valence-electron chi connectivity index (χ0n) is 35.0. The fourth-order valence-electron chi connectivity index (χ4n) is 6.28. The van der Waals surface area contributed by atoms with Gasteiger partial charge in [-0.3, -0.25) is 14.4 Å². The van der Waals surface area contributed by atoms with Gasteiger partial charge in [0.2, 0.25) is 0 Å². The van der Waals surface area contributed by atoms with Crippen LogP contribution in [0, 0.1) is 0 Å². The van der Waals surface area contributed by atoms with E-state index in [2.05, 4.69) is 57.2 Å². The minimum absolute atomic E-state index is 0.0784. The van der Waals surface area contributed by atoms with Crippen molar-refractivity contribution in [2.75, 3.05) is 13.2 Å². The van der Waals surface area contributed by atoms with Crippen LogP contribution in [0.1, 0.15) is 226 Å². The molecule has 0 aromatic rings. The van der Waals surface area contributed by atoms with Crippen LogP contribution in [-0.2, 0) is 28.6 Å². The molecule has 0 aromatic carbocycles. The Kier molecular flexibility index (Phi) is 40.5. The van der Waals surface area contributed by atoms with Crippen molar-refractivity contribution in [2.24, 2.45) is 0 Å². The van der Waals surface area contributed by atoms with Crippen LogP contribution in [0.15, 0.2) is 36.5 Å². The molecule has 0 aliphatic heterocycles. The molecule has 0 radical (unpaired) electrons. The summed E-state index contributed by atoms with van der Waals surface area (Å²) in [6.45, 7) is 6.48. The molecule has 308 valence electrons. The Morgan fingerprint density at radius 1 is 0.396 bits per heavy atom. The number of unbranched alkanes of at least 4 members (excludes halogenated alkanes) is 23. The molecular formula is C47H84O6. The fourth-order valence-corrected chi connectivity index (χ4v) is 6.28. The molecule has 0 saturated heterocycles. The first kappa shape index (κ1) is 50.6. The monoisotopic (exact) mass is 745 g/mol. The van der Waals surface area contributed by atoms with Crippen molar-refractivity contribution in [1.29, 1.82) is 0 Å². The van der Waals surface area contributed by atoms with Gasteiger partial charge in [-0.05, 0) is 51.4 Å². The van der Waals surface area contributed by atoms with Crippen molar-refractivity contribution in [2.45, 2.75) is 232 Å². The molecule has 1 atom stereocenters. The lowest BCUT2D eigenvalue weighted by Gasteiger charge is -2.18. The summed E-state index contributed by atoms with van der Waals surface area (Å²) in [4.78, 5) is 37.7. The van der Waals surface area contributed by atoms with Gasteiger partial charge in [0.15, 0.2) is 6.10 Å². The second-order valence-electron chi connectivity index (χ2n) is 14.9. The normalized spacial score (nSPS) is 12.3. The van der Waals surface area contributed by atoms with E-state index in [-0.39, 0.29) is 31.1 Å². The number of allylic oxidation sites excluding steroid dienone is 6. The van der Waals surface area contributed by atoms with E-state index in [1.807, 2.05) is 0 Å². The van der Waals surface area contributed by atoms with Gasteiger partial charge in [-0.25, -0.2) is 0 Å². The highest BCUT2D eigenvalue weighted by Gasteiger charge is 2.19. The number of hydrogen-bond acceptors (Lipinski definition) is 6. The second kappa shape index (κ2) is 42.4. The Morgan fingerprint density at radius 2 is 0.736 bits per heavy atom. The Hall–Kier alpha value is -2.37. The number of esters is 3. The van der Waals surface area contributed by atoms with Crippen molar-refractivity contribution in [3.63, 3.8) is 0 Å². The molecule has 0 aliphatic rings. The summed E-state index contributed by atoms with van der Waals surface area (Å²) in [5.74, 6) is -0.908. The van der Waals surface area contributed by atoms with Crippen LogP contribution in [0.25, 0.3) is 0 Å². The van der Waals surface area contributed by atoms with E-state index in [4.69, 9.17) is 14.2 Å². The number of rotatable bonds is 40. The summed E-state index contributed by atoms with van der Waals surface area (Å²) in [6.07, 6.45) is 47.0. The first-order valence-corrected chi connectivity index (χ1v) is 22.5. The van der Waals surface area contributed by atoms with Gasteiger partial charge in [0.1, 0.15) is 13.2 Å². The van der Waals surface area contributed by atoms with E-state index >= 15 is 0 Å². The average molecular weight is 745 g/mol. The molecule has 0 spiro atoms. The Balaban J connectivity index is 4.40. The summed E-state index contributed by atoms with van der Waals surface area (Å²) in [7, 11) is 0. The number of carbonyl (C=O) groups is 3. The number of carbonyl (C=O) groups excluding carboxylic acids is 3. The maximum Gasteiger partial charge on any atom is 0.306 e. The molecule has 6 heteroatoms. The molecule has 0 N–H and O–H groups in total. The predicted molar refractivity (Wildman–Crippen MR) is 224 cm³/mol. The molecule has 0 heterocycles. The lowest BCUT2D eigenvalue weighted by molar-refractivity contribution is -0.167. The topological polar surface area (TPSA) is 78.9 Å². The van der Waals surface area contributed by atoms with Gasteiger partial charge >= 0.3 is 17.9 Å². The third kappa shape index (κ3) is 40.6. The Bertz CT molecular complexity index is 907. The molecule has 0 amide bonds. The molecule has 0 aliphatic carbocycles. The lowest BCUT2D eigenvalue weighted by Crippen LogP contribution is -2.30. The largest absolute Gasteiger partial charge is 0.462 e. The van der Waals surface area contributed by atoms with Crippen molar-refractivity contribution >= 4 is 17.9 Å². The summed E-state index contributed by atoms with van der Waals surface area (Å²) >= 11 is 0. The average Bonchev–Trinajstić information content (AvgIpc) is 3.15. The van der Waals surface area contributed by atoms with Crippen LogP contribution in [-0.4, -0.2) is 37.2 Å². The summed E-state index contributed by atoms with van der Waals surface area (Å²) in [6, 6.07) is 0. The van der Waals surface area contributed by atoms with Crippen molar-refractivity contribution in [3.8, 4) is 0 Å². The van der Waals surface area contributed by atoms with E-state index in [9.17, 15) is 14.4 Å². The van der Waals surface area contributed by atoms with Crippen molar-refractivity contribution in [3.05, 3.63) is 36.5 Å². The van der Waals surface area contributed by atoms with Gasteiger partial charge in [-0.2, -0.15) is 0 Å². The van der Waals surface area contributed by atoms with Gasteiger partial charge < -0.3 is 14.2 Å². The quantitative estimate of drug-likeness (QED) is 0.0269. The van der Waals surface area contributed by atoms with Gasteiger partial charge in [0.25, 0.3) is 0 Å². The predicted octanol–water partition coefficient (Wildman–Crippen LogP) is 14.2. The first-order valence-electron chi connectivity index (χ1n) is 22.5. The van der Waals surface area contributed by atoms with Crippen LogP contribution in [0.4, 0.5) is 0 Å². The van der Waals surface area contributed by atoms with E-state index in [0.717, 1.165) is 83.5 Å². The van der Waals surface area contributed by atoms with E-state index in [0.29, 0.717) is 19.3 Å². The maximum absolute atomic E-state index is 12.7. The van der Waals surface area contributed by atoms with Crippen LogP contribution >= 0.6 is 0 Å². The highest BCUT2D eigenvalue weighted by Crippen LogP contribution is 2.15. The second-order valence-corrected chi connectivity index (χ2v) is 14.9. The summed E-state index contributed by atoms with van der Waals surface area (Å²) in [5.41, 5.74) is 0. The molecule has 0 fully saturated rings. The van der Waals surface area contributed by atoms with Crippen LogP contribution in [0.5, 0.6) is 0 Å². The van der Waals surface area contributed by atoms with Crippen LogP contribution in [0.2, 0.25) is 0 Å². The minimum Gasteiger partial charge on any atom is -0.462 e. The lowest BCUT2D eigenvalue weighted by atomic mass is 10.0. The molecule has 0 rings (SSSR count). The van der Waals surface area contributed by atoms with Gasteiger partial charge in [-0.15, -0.1) is 0 Å². The molecule has 0 bridgehead atoms. The molecule has 0 aromatic heterocycles. The van der Waals surface area contributed by atoms with Gasteiger partial charge in [-0.1, -0.05) is 192 Å². The highest BCUT2D eigenvalue weighted by atomic mass is 16.6. The van der Waals surface area contributed by atoms with E-state index in [1.54, 1.807) is 0 Å². The van der Waals surface area contributed by atoms with Crippen LogP contribution < -0.4 is 0 Å². The zero-order valence-corrected chi connectivity index (χ0v) is 35.0. The SMILES string of the molecule is CC/C=C\C/C=C\C/C=C\CCCCCC(=O)OCC(COC(=O)CCCCCCCCCCCC)OC(=O)CCCCCCCCCCCCCC. The first-order chi connectivity index (χ1) is 26.0. The Labute approximate surface area is 327 Å². The van der Waals surface area contributed by atoms with Gasteiger partial charge in [0.05, 0.1) is 0 Å². The molecular weight excluding hydrogens is 661 g/mol. The Morgan fingerprint density at radius 3 is 1.15 bits per heavy atom. The molecule has 1 unspecified atom stereocenters. The maximum atomic E-state index is 12.7. The zero-order chi connectivity index (χ0) is 38.7. The fraction of sp³-hybridized carbons (Fsp3) is 0.809. The number of hydrogen-bond donors (Lipinski definition) is 0. The van der Waals surface area contributed by atoms with E-state index in [1.165, 1.54) is 103 Å². The third-order valence-electron chi connectivity index (χ3n) is 9.66.